The predicted molar refractivity (Wildman–Crippen MR) is 126 cm³/mol. The second kappa shape index (κ2) is 9.50. The van der Waals surface area contributed by atoms with E-state index in [1.54, 1.807) is 6.20 Å². The van der Waals surface area contributed by atoms with Gasteiger partial charge in [0.25, 0.3) is 0 Å². The van der Waals surface area contributed by atoms with Crippen LogP contribution in [0.15, 0.2) is 79.0 Å². The first-order valence-corrected chi connectivity index (χ1v) is 10.8. The summed E-state index contributed by atoms with van der Waals surface area (Å²) in [5, 5.41) is 31.1. The quantitative estimate of drug-likeness (QED) is 0.329. The van der Waals surface area contributed by atoms with Crippen molar-refractivity contribution in [2.24, 2.45) is 0 Å². The molecule has 0 saturated heterocycles. The minimum absolute atomic E-state index is 0.338. The molecular formula is C26H21N6O2. The van der Waals surface area contributed by atoms with Gasteiger partial charge in [0, 0.05) is 17.3 Å². The Labute approximate surface area is 195 Å². The average Bonchev–Trinajstić information content (AvgIpc) is 3.59. The van der Waals surface area contributed by atoms with E-state index < -0.39 is 11.9 Å². The van der Waals surface area contributed by atoms with Crippen molar-refractivity contribution in [3.05, 3.63) is 107 Å². The van der Waals surface area contributed by atoms with Crippen molar-refractivity contribution in [3.8, 4) is 22.6 Å². The number of nitrogens with zero attached hydrogens (tertiary/aromatic N) is 4. The number of rotatable bonds is 8. The Hall–Kier alpha value is -4.59. The number of aromatic nitrogens is 6. The lowest BCUT2D eigenvalue weighted by Crippen LogP contribution is -2.14. The number of hydrogen-bond acceptors (Lipinski definition) is 5. The maximum atomic E-state index is 12.0. The van der Waals surface area contributed by atoms with Gasteiger partial charge in [0.1, 0.15) is 0 Å². The third-order valence-corrected chi connectivity index (χ3v) is 5.71. The van der Waals surface area contributed by atoms with Crippen molar-refractivity contribution in [2.45, 2.75) is 18.8 Å². The number of aromatic amines is 2. The van der Waals surface area contributed by atoms with Crippen LogP contribution in [-0.4, -0.2) is 41.9 Å². The van der Waals surface area contributed by atoms with E-state index in [1.165, 1.54) is 0 Å². The Morgan fingerprint density at radius 2 is 1.91 bits per heavy atom. The Kier molecular flexibility index (Phi) is 5.94. The first-order chi connectivity index (χ1) is 16.7. The monoisotopic (exact) mass is 449 g/mol. The summed E-state index contributed by atoms with van der Waals surface area (Å²) in [5.41, 5.74) is 6.22. The zero-order chi connectivity index (χ0) is 23.3. The molecule has 5 aromatic rings. The predicted octanol–water partition coefficient (Wildman–Crippen LogP) is 4.06. The van der Waals surface area contributed by atoms with Crippen LogP contribution in [0.4, 0.5) is 0 Å². The van der Waals surface area contributed by atoms with Crippen LogP contribution in [-0.2, 0) is 17.6 Å². The van der Waals surface area contributed by atoms with Crippen LogP contribution < -0.4 is 0 Å². The molecule has 2 heterocycles. The minimum Gasteiger partial charge on any atom is -0.481 e. The normalized spacial score (nSPS) is 11.9. The fourth-order valence-electron chi connectivity index (χ4n) is 4.04. The molecule has 0 aliphatic carbocycles. The first-order valence-electron chi connectivity index (χ1n) is 10.8. The average molecular weight is 449 g/mol. The van der Waals surface area contributed by atoms with E-state index in [-0.39, 0.29) is 0 Å². The van der Waals surface area contributed by atoms with Gasteiger partial charge in [-0.25, -0.2) is 5.10 Å². The van der Waals surface area contributed by atoms with E-state index in [9.17, 15) is 9.90 Å². The van der Waals surface area contributed by atoms with E-state index in [0.717, 1.165) is 39.1 Å². The molecule has 0 fully saturated rings. The van der Waals surface area contributed by atoms with Gasteiger partial charge in [0.2, 0.25) is 0 Å². The maximum absolute atomic E-state index is 12.0. The lowest BCUT2D eigenvalue weighted by molar-refractivity contribution is -0.138. The second-order valence-corrected chi connectivity index (χ2v) is 7.98. The highest BCUT2D eigenvalue weighted by atomic mass is 16.4. The van der Waals surface area contributed by atoms with Crippen molar-refractivity contribution in [2.75, 3.05) is 0 Å². The molecule has 3 aromatic carbocycles. The Bertz CT molecular complexity index is 1380. The van der Waals surface area contributed by atoms with Gasteiger partial charge in [-0.15, -0.1) is 5.10 Å². The molecule has 2 aromatic heterocycles. The minimum atomic E-state index is -0.858. The Morgan fingerprint density at radius 3 is 2.65 bits per heavy atom. The van der Waals surface area contributed by atoms with Gasteiger partial charge in [-0.05, 0) is 63.7 Å². The number of carboxylic acid groups (broad SMARTS) is 1. The summed E-state index contributed by atoms with van der Waals surface area (Å²) in [6.07, 6.45) is 2.75. The molecule has 0 saturated carbocycles. The third kappa shape index (κ3) is 4.61. The van der Waals surface area contributed by atoms with Crippen molar-refractivity contribution >= 4 is 5.97 Å². The second-order valence-electron chi connectivity index (χ2n) is 7.98. The molecule has 5 rings (SSSR count). The number of aliphatic carboxylic acids is 1. The molecule has 0 spiro atoms. The lowest BCUT2D eigenvalue weighted by atomic mass is 9.89. The van der Waals surface area contributed by atoms with Crippen LogP contribution in [0.3, 0.4) is 0 Å². The molecule has 0 amide bonds. The summed E-state index contributed by atoms with van der Waals surface area (Å²) >= 11 is 0. The number of benzene rings is 3. The van der Waals surface area contributed by atoms with Crippen molar-refractivity contribution in [3.63, 3.8) is 0 Å². The van der Waals surface area contributed by atoms with Crippen LogP contribution in [0.5, 0.6) is 0 Å². The summed E-state index contributed by atoms with van der Waals surface area (Å²) in [4.78, 5) is 12.0. The van der Waals surface area contributed by atoms with Crippen molar-refractivity contribution in [1.29, 1.82) is 0 Å². The fourth-order valence-corrected chi connectivity index (χ4v) is 4.04. The number of carbonyl (C=O) groups is 1. The molecule has 0 bridgehead atoms. The number of tetrazole rings is 1. The van der Waals surface area contributed by atoms with Gasteiger partial charge in [0.15, 0.2) is 5.82 Å². The molecule has 167 valence electrons. The largest absolute Gasteiger partial charge is 0.481 e. The number of H-pyrrole nitrogens is 2. The van der Waals surface area contributed by atoms with E-state index in [0.29, 0.717) is 18.7 Å². The molecule has 0 aliphatic rings. The SMILES string of the molecule is O=C(O)C(Cc1[c]c(-c2cc[nH]n2)c(Cc2cccc(-c3nnn[nH]3)c2)cc1)c1ccccc1. The summed E-state index contributed by atoms with van der Waals surface area (Å²) < 4.78 is 0. The Morgan fingerprint density at radius 1 is 1.03 bits per heavy atom. The summed E-state index contributed by atoms with van der Waals surface area (Å²) in [6.45, 7) is 0. The van der Waals surface area contributed by atoms with Gasteiger partial charge >= 0.3 is 5.97 Å². The molecule has 1 atom stereocenters. The van der Waals surface area contributed by atoms with Crippen LogP contribution in [0.25, 0.3) is 22.6 Å². The third-order valence-electron chi connectivity index (χ3n) is 5.71. The van der Waals surface area contributed by atoms with Gasteiger partial charge < -0.3 is 5.11 Å². The van der Waals surface area contributed by atoms with Crippen molar-refractivity contribution in [1.82, 2.24) is 30.8 Å². The smallest absolute Gasteiger partial charge is 0.311 e. The Balaban J connectivity index is 1.47. The molecule has 0 aliphatic heterocycles. The van der Waals surface area contributed by atoms with Crippen LogP contribution in [0.1, 0.15) is 28.2 Å². The van der Waals surface area contributed by atoms with E-state index in [1.807, 2.05) is 72.8 Å². The molecule has 34 heavy (non-hydrogen) atoms. The van der Waals surface area contributed by atoms with Gasteiger partial charge in [0.05, 0.1) is 11.6 Å². The first kappa shape index (κ1) is 21.3. The zero-order valence-corrected chi connectivity index (χ0v) is 18.1. The number of nitrogens with one attached hydrogen (secondary N) is 2. The van der Waals surface area contributed by atoms with Crippen LogP contribution >= 0.6 is 0 Å². The molecule has 8 heteroatoms. The van der Waals surface area contributed by atoms with E-state index >= 15 is 0 Å². The summed E-state index contributed by atoms with van der Waals surface area (Å²) in [7, 11) is 0. The van der Waals surface area contributed by atoms with E-state index in [2.05, 4.69) is 36.9 Å². The number of carboxylic acids is 1. The molecule has 1 unspecified atom stereocenters. The van der Waals surface area contributed by atoms with Crippen molar-refractivity contribution < 1.29 is 9.90 Å². The van der Waals surface area contributed by atoms with Crippen LogP contribution in [0, 0.1) is 6.07 Å². The molecule has 3 N–H and O–H groups in total. The van der Waals surface area contributed by atoms with E-state index in [4.69, 9.17) is 0 Å². The summed E-state index contributed by atoms with van der Waals surface area (Å²) in [5.74, 6) is -0.900. The summed E-state index contributed by atoms with van der Waals surface area (Å²) in [6, 6.07) is 26.6. The highest BCUT2D eigenvalue weighted by Crippen LogP contribution is 2.29. The van der Waals surface area contributed by atoms with Gasteiger partial charge in [-0.1, -0.05) is 60.7 Å². The highest BCUT2D eigenvalue weighted by molar-refractivity contribution is 5.76. The fraction of sp³-hybridized carbons (Fsp3) is 0.115. The number of hydrogen-bond donors (Lipinski definition) is 3. The molecule has 8 nitrogen and oxygen atoms in total. The zero-order valence-electron chi connectivity index (χ0n) is 18.1. The molecular weight excluding hydrogens is 428 g/mol. The maximum Gasteiger partial charge on any atom is 0.311 e. The highest BCUT2D eigenvalue weighted by Gasteiger charge is 2.21. The van der Waals surface area contributed by atoms with Gasteiger partial charge in [-0.3, -0.25) is 9.89 Å². The molecule has 1 radical (unpaired) electrons. The van der Waals surface area contributed by atoms with Crippen LogP contribution in [0.2, 0.25) is 0 Å². The topological polar surface area (TPSA) is 120 Å². The lowest BCUT2D eigenvalue weighted by Gasteiger charge is -2.15. The van der Waals surface area contributed by atoms with Gasteiger partial charge in [-0.2, -0.15) is 5.10 Å². The standard InChI is InChI=1S/C26H21N6O2/c33-26(34)23(19-6-2-1-3-7-19)16-18-9-10-20(22(15-18)24-11-12-27-28-24)13-17-5-4-8-21(14-17)25-29-31-32-30-25/h1-12,14,23H,13,16H2,(H,27,28)(H,33,34)(H,29,30,31,32).